The minimum atomic E-state index is -0.109. The summed E-state index contributed by atoms with van der Waals surface area (Å²) < 4.78 is 1.83. The van der Waals surface area contributed by atoms with Gasteiger partial charge in [-0.1, -0.05) is 19.8 Å². The maximum Gasteiger partial charge on any atom is 0.189 e. The Labute approximate surface area is 103 Å². The number of hydrogen-bond donors (Lipinski definition) is 2. The molecule has 1 unspecified atom stereocenters. The standard InChI is InChI=1S/C11H15N7/c1-2-3-4-7(12)10-16-17-11-8-9(14-5-13-8)15-6-18(10)11/h5-7H,2-4,12H2,1H3,(H,13,14). The first-order valence-electron chi connectivity index (χ1n) is 6.09. The lowest BCUT2D eigenvalue weighted by molar-refractivity contribution is 0.569. The molecule has 0 radical (unpaired) electrons. The van der Waals surface area contributed by atoms with Crippen molar-refractivity contribution in [2.45, 2.75) is 32.2 Å². The second kappa shape index (κ2) is 4.34. The molecule has 3 aromatic rings. The molecule has 7 heteroatoms. The van der Waals surface area contributed by atoms with E-state index in [2.05, 4.69) is 32.1 Å². The average molecular weight is 245 g/mol. The van der Waals surface area contributed by atoms with E-state index < -0.39 is 0 Å². The van der Waals surface area contributed by atoms with Crippen molar-refractivity contribution in [3.8, 4) is 0 Å². The highest BCUT2D eigenvalue weighted by atomic mass is 15.3. The van der Waals surface area contributed by atoms with Gasteiger partial charge in [0.25, 0.3) is 0 Å². The van der Waals surface area contributed by atoms with E-state index in [0.717, 1.165) is 36.3 Å². The third-order valence-electron chi connectivity index (χ3n) is 3.06. The molecule has 1 atom stereocenters. The summed E-state index contributed by atoms with van der Waals surface area (Å²) in [7, 11) is 0. The third kappa shape index (κ3) is 1.63. The van der Waals surface area contributed by atoms with Gasteiger partial charge < -0.3 is 10.7 Å². The zero-order valence-electron chi connectivity index (χ0n) is 10.2. The summed E-state index contributed by atoms with van der Waals surface area (Å²) in [6.07, 6.45) is 6.38. The van der Waals surface area contributed by atoms with E-state index in [1.165, 1.54) is 0 Å². The van der Waals surface area contributed by atoms with Crippen molar-refractivity contribution < 1.29 is 0 Å². The molecule has 0 saturated heterocycles. The lowest BCUT2D eigenvalue weighted by Crippen LogP contribution is -2.14. The predicted octanol–water partition coefficient (Wildman–Crippen LogP) is 1.19. The SMILES string of the molecule is CCCCC(N)c1nnc2c3[nH]cnc3ncn12. The fraction of sp³-hybridized carbons (Fsp3) is 0.455. The van der Waals surface area contributed by atoms with Crippen LogP contribution in [0.1, 0.15) is 38.1 Å². The maximum absolute atomic E-state index is 6.13. The zero-order chi connectivity index (χ0) is 12.5. The predicted molar refractivity (Wildman–Crippen MR) is 66.9 cm³/mol. The van der Waals surface area contributed by atoms with Gasteiger partial charge in [0.05, 0.1) is 12.4 Å². The van der Waals surface area contributed by atoms with Crippen LogP contribution >= 0.6 is 0 Å². The number of imidazole rings is 1. The first-order valence-corrected chi connectivity index (χ1v) is 6.09. The van der Waals surface area contributed by atoms with Crippen LogP contribution in [0.2, 0.25) is 0 Å². The van der Waals surface area contributed by atoms with Gasteiger partial charge in [-0.25, -0.2) is 9.97 Å². The summed E-state index contributed by atoms with van der Waals surface area (Å²) in [5.74, 6) is 0.752. The van der Waals surface area contributed by atoms with Gasteiger partial charge in [-0.05, 0) is 6.42 Å². The Morgan fingerprint density at radius 1 is 1.39 bits per heavy atom. The molecule has 0 fully saturated rings. The molecule has 0 bridgehead atoms. The highest BCUT2D eigenvalue weighted by Gasteiger charge is 2.16. The van der Waals surface area contributed by atoms with E-state index in [1.54, 1.807) is 12.7 Å². The number of nitrogens with zero attached hydrogens (tertiary/aromatic N) is 5. The first-order chi connectivity index (χ1) is 8.81. The number of nitrogens with two attached hydrogens (primary N) is 1. The van der Waals surface area contributed by atoms with Gasteiger partial charge in [0.1, 0.15) is 11.8 Å². The number of unbranched alkanes of at least 4 members (excludes halogenated alkanes) is 1. The van der Waals surface area contributed by atoms with Crippen LogP contribution in [0.5, 0.6) is 0 Å². The molecular weight excluding hydrogens is 230 g/mol. The quantitative estimate of drug-likeness (QED) is 0.719. The Morgan fingerprint density at radius 3 is 3.11 bits per heavy atom. The molecule has 0 spiro atoms. The molecule has 0 aliphatic carbocycles. The third-order valence-corrected chi connectivity index (χ3v) is 3.06. The van der Waals surface area contributed by atoms with E-state index in [4.69, 9.17) is 5.73 Å². The van der Waals surface area contributed by atoms with Crippen molar-refractivity contribution in [3.05, 3.63) is 18.5 Å². The molecular formula is C11H15N7. The number of H-pyrrole nitrogens is 1. The van der Waals surface area contributed by atoms with E-state index >= 15 is 0 Å². The molecule has 7 nitrogen and oxygen atoms in total. The number of fused-ring (bicyclic) bond motifs is 3. The minimum Gasteiger partial charge on any atom is -0.340 e. The van der Waals surface area contributed by atoms with Crippen LogP contribution in [-0.2, 0) is 0 Å². The van der Waals surface area contributed by atoms with Gasteiger partial charge in [0, 0.05) is 0 Å². The molecule has 0 saturated carbocycles. The van der Waals surface area contributed by atoms with Gasteiger partial charge in [0.2, 0.25) is 0 Å². The van der Waals surface area contributed by atoms with Crippen LogP contribution in [0.25, 0.3) is 16.8 Å². The van der Waals surface area contributed by atoms with Gasteiger partial charge in [-0.2, -0.15) is 0 Å². The monoisotopic (exact) mass is 245 g/mol. The number of nitrogens with one attached hydrogen (secondary N) is 1. The number of aromatic nitrogens is 6. The molecule has 0 aromatic carbocycles. The molecule has 0 amide bonds. The Bertz CT molecular complexity index is 668. The topological polar surface area (TPSA) is 97.8 Å². The summed E-state index contributed by atoms with van der Waals surface area (Å²) in [4.78, 5) is 11.4. The zero-order valence-corrected chi connectivity index (χ0v) is 10.2. The van der Waals surface area contributed by atoms with Crippen molar-refractivity contribution in [1.82, 2.24) is 29.5 Å². The highest BCUT2D eigenvalue weighted by molar-refractivity contribution is 5.84. The molecule has 94 valence electrons. The van der Waals surface area contributed by atoms with Crippen LogP contribution in [0.15, 0.2) is 12.7 Å². The first kappa shape index (κ1) is 11.1. The smallest absolute Gasteiger partial charge is 0.189 e. The van der Waals surface area contributed by atoms with Crippen molar-refractivity contribution >= 4 is 16.8 Å². The van der Waals surface area contributed by atoms with Crippen LogP contribution in [0.3, 0.4) is 0 Å². The van der Waals surface area contributed by atoms with Crippen molar-refractivity contribution in [2.24, 2.45) is 5.73 Å². The highest BCUT2D eigenvalue weighted by Crippen LogP contribution is 2.18. The minimum absolute atomic E-state index is 0.109. The Hall–Kier alpha value is -2.02. The van der Waals surface area contributed by atoms with Gasteiger partial charge in [0.15, 0.2) is 17.1 Å². The lowest BCUT2D eigenvalue weighted by atomic mass is 10.1. The molecule has 3 aromatic heterocycles. The Morgan fingerprint density at radius 2 is 2.28 bits per heavy atom. The van der Waals surface area contributed by atoms with Gasteiger partial charge in [-0.3, -0.25) is 4.40 Å². The molecule has 3 heterocycles. The summed E-state index contributed by atoms with van der Waals surface area (Å²) in [5.41, 5.74) is 8.29. The second-order valence-corrected chi connectivity index (χ2v) is 4.35. The lowest BCUT2D eigenvalue weighted by Gasteiger charge is -2.08. The number of rotatable bonds is 4. The Kier molecular flexibility index (Phi) is 2.67. The van der Waals surface area contributed by atoms with E-state index in [1.807, 2.05) is 4.40 Å². The largest absolute Gasteiger partial charge is 0.340 e. The number of aromatic amines is 1. The van der Waals surface area contributed by atoms with Crippen molar-refractivity contribution in [1.29, 1.82) is 0 Å². The summed E-state index contributed by atoms with van der Waals surface area (Å²) >= 11 is 0. The van der Waals surface area contributed by atoms with Crippen LogP contribution < -0.4 is 5.73 Å². The van der Waals surface area contributed by atoms with Gasteiger partial charge >= 0.3 is 0 Å². The van der Waals surface area contributed by atoms with Crippen molar-refractivity contribution in [3.63, 3.8) is 0 Å². The molecule has 3 rings (SSSR count). The van der Waals surface area contributed by atoms with E-state index in [-0.39, 0.29) is 6.04 Å². The molecule has 3 N–H and O–H groups in total. The molecule has 0 aliphatic rings. The summed E-state index contributed by atoms with van der Waals surface area (Å²) in [5, 5.41) is 8.35. The fourth-order valence-corrected chi connectivity index (χ4v) is 2.06. The van der Waals surface area contributed by atoms with E-state index in [0.29, 0.717) is 5.65 Å². The normalized spacial score (nSPS) is 13.4. The Balaban J connectivity index is 2.08. The summed E-state index contributed by atoms with van der Waals surface area (Å²) in [6.45, 7) is 2.14. The van der Waals surface area contributed by atoms with Gasteiger partial charge in [-0.15, -0.1) is 10.2 Å². The van der Waals surface area contributed by atoms with Crippen LogP contribution in [0, 0.1) is 0 Å². The number of hydrogen-bond acceptors (Lipinski definition) is 5. The molecule has 0 aliphatic heterocycles. The fourth-order valence-electron chi connectivity index (χ4n) is 2.06. The summed E-state index contributed by atoms with van der Waals surface area (Å²) in [6, 6.07) is -0.109. The average Bonchev–Trinajstić information content (AvgIpc) is 3.00. The van der Waals surface area contributed by atoms with Crippen LogP contribution in [-0.4, -0.2) is 29.5 Å². The van der Waals surface area contributed by atoms with E-state index in [9.17, 15) is 0 Å². The maximum atomic E-state index is 6.13. The molecule has 18 heavy (non-hydrogen) atoms. The van der Waals surface area contributed by atoms with Crippen molar-refractivity contribution in [2.75, 3.05) is 0 Å². The van der Waals surface area contributed by atoms with Crippen LogP contribution in [0.4, 0.5) is 0 Å². The second-order valence-electron chi connectivity index (χ2n) is 4.35.